The van der Waals surface area contributed by atoms with E-state index in [0.717, 1.165) is 62.8 Å². The van der Waals surface area contributed by atoms with Crippen molar-refractivity contribution in [2.45, 2.75) is 39.7 Å². The van der Waals surface area contributed by atoms with Crippen LogP contribution in [0.25, 0.3) is 0 Å². The number of hydrogen-bond donors (Lipinski definition) is 3. The molecule has 8 heteroatoms. The number of nitrogens with zero attached hydrogens (tertiary/aromatic N) is 3. The number of amides is 1. The van der Waals surface area contributed by atoms with Crippen LogP contribution in [0.5, 0.6) is 0 Å². The van der Waals surface area contributed by atoms with E-state index < -0.39 is 0 Å². The summed E-state index contributed by atoms with van der Waals surface area (Å²) in [5.41, 5.74) is 6.52. The van der Waals surface area contributed by atoms with Crippen LogP contribution in [0.3, 0.4) is 0 Å². The number of nitrogens with one attached hydrogen (secondary N) is 2. The number of guanidine groups is 1. The van der Waals surface area contributed by atoms with E-state index in [9.17, 15) is 4.79 Å². The number of rotatable bonds is 7. The summed E-state index contributed by atoms with van der Waals surface area (Å²) >= 11 is 0. The Labute approximate surface area is 173 Å². The SMILES string of the molecule is CCCNC(=NCc1cccnc1N1CCC(C(N)=O)CC1)NCC.I. The van der Waals surface area contributed by atoms with E-state index in [1.807, 2.05) is 12.3 Å². The molecule has 1 fully saturated rings. The van der Waals surface area contributed by atoms with Crippen LogP contribution >= 0.6 is 24.0 Å². The van der Waals surface area contributed by atoms with Gasteiger partial charge in [0, 0.05) is 43.9 Å². The Morgan fingerprint density at radius 3 is 2.69 bits per heavy atom. The maximum Gasteiger partial charge on any atom is 0.220 e. The second-order valence-electron chi connectivity index (χ2n) is 6.27. The zero-order chi connectivity index (χ0) is 18.1. The fraction of sp³-hybridized carbons (Fsp3) is 0.611. The summed E-state index contributed by atoms with van der Waals surface area (Å²) in [5, 5.41) is 6.57. The molecule has 1 aromatic rings. The van der Waals surface area contributed by atoms with Crippen molar-refractivity contribution >= 4 is 41.7 Å². The van der Waals surface area contributed by atoms with Gasteiger partial charge >= 0.3 is 0 Å². The first-order valence-corrected chi connectivity index (χ1v) is 9.16. The number of nitrogens with two attached hydrogens (primary N) is 1. The first-order chi connectivity index (χ1) is 12.2. The van der Waals surface area contributed by atoms with Gasteiger partial charge in [0.25, 0.3) is 0 Å². The molecule has 26 heavy (non-hydrogen) atoms. The summed E-state index contributed by atoms with van der Waals surface area (Å²) in [4.78, 5) is 22.8. The third-order valence-electron chi connectivity index (χ3n) is 4.36. The molecule has 146 valence electrons. The molecule has 0 bridgehead atoms. The van der Waals surface area contributed by atoms with Crippen LogP contribution in [0.4, 0.5) is 5.82 Å². The van der Waals surface area contributed by atoms with Gasteiger partial charge in [-0.2, -0.15) is 0 Å². The van der Waals surface area contributed by atoms with E-state index in [4.69, 9.17) is 5.73 Å². The Hall–Kier alpha value is -1.58. The van der Waals surface area contributed by atoms with E-state index in [1.54, 1.807) is 0 Å². The number of hydrogen-bond acceptors (Lipinski definition) is 4. The van der Waals surface area contributed by atoms with Crippen molar-refractivity contribution in [3.63, 3.8) is 0 Å². The number of carbonyl (C=O) groups is 1. The Bertz CT molecular complexity index is 587. The van der Waals surface area contributed by atoms with Gasteiger partial charge in [0.1, 0.15) is 5.82 Å². The molecule has 0 unspecified atom stereocenters. The molecule has 1 aliphatic heterocycles. The third-order valence-corrected chi connectivity index (χ3v) is 4.36. The van der Waals surface area contributed by atoms with Gasteiger partial charge in [0.15, 0.2) is 5.96 Å². The monoisotopic (exact) mass is 474 g/mol. The van der Waals surface area contributed by atoms with Crippen LogP contribution in [-0.4, -0.2) is 43.0 Å². The highest BCUT2D eigenvalue weighted by atomic mass is 127. The molecule has 7 nitrogen and oxygen atoms in total. The number of aromatic nitrogens is 1. The van der Waals surface area contributed by atoms with Crippen molar-refractivity contribution in [1.29, 1.82) is 0 Å². The average Bonchev–Trinajstić information content (AvgIpc) is 2.64. The van der Waals surface area contributed by atoms with Gasteiger partial charge in [-0.1, -0.05) is 13.0 Å². The topological polar surface area (TPSA) is 95.6 Å². The maximum absolute atomic E-state index is 11.3. The van der Waals surface area contributed by atoms with E-state index in [-0.39, 0.29) is 35.8 Å². The molecule has 1 saturated heterocycles. The molecule has 1 aromatic heterocycles. The minimum atomic E-state index is -0.192. The number of pyridine rings is 1. The van der Waals surface area contributed by atoms with Crippen molar-refractivity contribution in [3.8, 4) is 0 Å². The number of piperidine rings is 1. The van der Waals surface area contributed by atoms with Crippen LogP contribution in [0.2, 0.25) is 0 Å². The average molecular weight is 474 g/mol. The molecule has 1 amide bonds. The predicted molar refractivity (Wildman–Crippen MR) is 117 cm³/mol. The fourth-order valence-electron chi connectivity index (χ4n) is 2.96. The van der Waals surface area contributed by atoms with Gasteiger partial charge in [-0.25, -0.2) is 9.98 Å². The van der Waals surface area contributed by atoms with E-state index in [2.05, 4.69) is 45.4 Å². The van der Waals surface area contributed by atoms with Crippen LogP contribution in [0.1, 0.15) is 38.7 Å². The Morgan fingerprint density at radius 1 is 1.35 bits per heavy atom. The largest absolute Gasteiger partial charge is 0.369 e. The van der Waals surface area contributed by atoms with E-state index in [1.165, 1.54) is 0 Å². The van der Waals surface area contributed by atoms with Crippen molar-refractivity contribution < 1.29 is 4.79 Å². The lowest BCUT2D eigenvalue weighted by molar-refractivity contribution is -0.122. The summed E-state index contributed by atoms with van der Waals surface area (Å²) in [5.74, 6) is 1.58. The molecule has 0 saturated carbocycles. The first kappa shape index (κ1) is 22.5. The third kappa shape index (κ3) is 6.62. The van der Waals surface area contributed by atoms with E-state index in [0.29, 0.717) is 6.54 Å². The molecule has 0 spiro atoms. The number of carbonyl (C=O) groups excluding carboxylic acids is 1. The molecule has 1 aliphatic rings. The Morgan fingerprint density at radius 2 is 2.08 bits per heavy atom. The van der Waals surface area contributed by atoms with Crippen molar-refractivity contribution in [3.05, 3.63) is 23.9 Å². The fourth-order valence-corrected chi connectivity index (χ4v) is 2.96. The first-order valence-electron chi connectivity index (χ1n) is 9.16. The van der Waals surface area contributed by atoms with Gasteiger partial charge in [0.2, 0.25) is 5.91 Å². The quantitative estimate of drug-likeness (QED) is 0.319. The molecule has 2 heterocycles. The molecule has 0 aromatic carbocycles. The zero-order valence-corrected chi connectivity index (χ0v) is 18.0. The predicted octanol–water partition coefficient (Wildman–Crippen LogP) is 1.87. The summed E-state index contributed by atoms with van der Waals surface area (Å²) in [6, 6.07) is 4.01. The standard InChI is InChI=1S/C18H30N6O.HI/c1-3-9-22-18(20-4-2)23-13-15-6-5-10-21-17(15)24-11-7-14(8-12-24)16(19)25;/h5-6,10,14H,3-4,7-9,11-13H2,1-2H3,(H2,19,25)(H2,20,22,23);1H. The number of anilines is 1. The number of halogens is 1. The maximum atomic E-state index is 11.3. The van der Waals surface area contributed by atoms with Crippen LogP contribution in [0.15, 0.2) is 23.3 Å². The highest BCUT2D eigenvalue weighted by molar-refractivity contribution is 14.0. The highest BCUT2D eigenvalue weighted by Crippen LogP contribution is 2.24. The lowest BCUT2D eigenvalue weighted by atomic mass is 9.96. The summed E-state index contributed by atoms with van der Waals surface area (Å²) in [6.07, 6.45) is 4.44. The van der Waals surface area contributed by atoms with Gasteiger partial charge in [-0.15, -0.1) is 24.0 Å². The minimum absolute atomic E-state index is 0. The van der Waals surface area contributed by atoms with Crippen LogP contribution in [0, 0.1) is 5.92 Å². The van der Waals surface area contributed by atoms with Crippen LogP contribution in [-0.2, 0) is 11.3 Å². The second kappa shape index (κ2) is 11.9. The lowest BCUT2D eigenvalue weighted by Gasteiger charge is -2.32. The van der Waals surface area contributed by atoms with E-state index >= 15 is 0 Å². The molecule has 0 atom stereocenters. The van der Waals surface area contributed by atoms with Crippen molar-refractivity contribution in [2.75, 3.05) is 31.1 Å². The highest BCUT2D eigenvalue weighted by Gasteiger charge is 2.24. The molecular formula is C18H31IN6O. The Kier molecular flexibility index (Phi) is 10.3. The molecular weight excluding hydrogens is 443 g/mol. The minimum Gasteiger partial charge on any atom is -0.369 e. The lowest BCUT2D eigenvalue weighted by Crippen LogP contribution is -2.39. The van der Waals surface area contributed by atoms with Gasteiger partial charge < -0.3 is 21.3 Å². The molecule has 2 rings (SSSR count). The second-order valence-corrected chi connectivity index (χ2v) is 6.27. The van der Waals surface area contributed by atoms with Gasteiger partial charge in [-0.05, 0) is 32.3 Å². The van der Waals surface area contributed by atoms with Crippen LogP contribution < -0.4 is 21.3 Å². The van der Waals surface area contributed by atoms with Gasteiger partial charge in [0.05, 0.1) is 6.54 Å². The van der Waals surface area contributed by atoms with Crippen molar-refractivity contribution in [2.24, 2.45) is 16.6 Å². The van der Waals surface area contributed by atoms with Gasteiger partial charge in [-0.3, -0.25) is 4.79 Å². The number of primary amides is 1. The number of aliphatic imine (C=N–C) groups is 1. The molecule has 4 N–H and O–H groups in total. The summed E-state index contributed by atoms with van der Waals surface area (Å²) in [7, 11) is 0. The smallest absolute Gasteiger partial charge is 0.220 e. The summed E-state index contributed by atoms with van der Waals surface area (Å²) < 4.78 is 0. The van der Waals surface area contributed by atoms with Crippen molar-refractivity contribution in [1.82, 2.24) is 15.6 Å². The normalized spacial score (nSPS) is 15.3. The molecule has 0 radical (unpaired) electrons. The Balaban J connectivity index is 0.00000338. The zero-order valence-electron chi connectivity index (χ0n) is 15.7. The summed E-state index contributed by atoms with van der Waals surface area (Å²) in [6.45, 7) is 8.08. The molecule has 0 aliphatic carbocycles.